The Morgan fingerprint density at radius 2 is 1.49 bits per heavy atom. The third-order valence-corrected chi connectivity index (χ3v) is 9.70. The van der Waals surface area contributed by atoms with Crippen molar-refractivity contribution in [3.05, 3.63) is 149 Å². The first kappa shape index (κ1) is 26.1. The highest BCUT2D eigenvalue weighted by atomic mass is 16.5. The fraction of sp³-hybridized carbons (Fsp3) is 0.116. The maximum Gasteiger partial charge on any atom is 0.139 e. The normalized spacial score (nSPS) is 15.9. The first-order valence-electron chi connectivity index (χ1n) is 16.0. The third kappa shape index (κ3) is 3.88. The number of benzene rings is 6. The summed E-state index contributed by atoms with van der Waals surface area (Å²) < 4.78 is 13.1. The summed E-state index contributed by atoms with van der Waals surface area (Å²) in [6, 6.07) is 37.1. The molecule has 1 atom stereocenters. The highest BCUT2D eigenvalue weighted by Crippen LogP contribution is 2.52. The van der Waals surface area contributed by atoms with E-state index in [0.29, 0.717) is 0 Å². The van der Waals surface area contributed by atoms with E-state index in [2.05, 4.69) is 129 Å². The first-order valence-corrected chi connectivity index (χ1v) is 16.0. The molecule has 9 rings (SSSR count). The van der Waals surface area contributed by atoms with Gasteiger partial charge in [0.05, 0.1) is 0 Å². The fourth-order valence-corrected chi connectivity index (χ4v) is 7.74. The van der Waals surface area contributed by atoms with Crippen LogP contribution in [0.4, 0.5) is 0 Å². The zero-order valence-electron chi connectivity index (χ0n) is 25.4. The number of hydrogen-bond donors (Lipinski definition) is 0. The van der Waals surface area contributed by atoms with Crippen molar-refractivity contribution in [2.24, 2.45) is 0 Å². The van der Waals surface area contributed by atoms with Crippen LogP contribution in [0.3, 0.4) is 0 Å². The van der Waals surface area contributed by atoms with Crippen molar-refractivity contribution >= 4 is 55.1 Å². The van der Waals surface area contributed by atoms with Crippen molar-refractivity contribution in [2.75, 3.05) is 0 Å². The van der Waals surface area contributed by atoms with Crippen LogP contribution in [-0.2, 0) is 6.42 Å². The van der Waals surface area contributed by atoms with Gasteiger partial charge in [-0.1, -0.05) is 110 Å². The zero-order valence-corrected chi connectivity index (χ0v) is 25.4. The Labute approximate surface area is 262 Å². The molecule has 2 heterocycles. The van der Waals surface area contributed by atoms with Gasteiger partial charge in [0.2, 0.25) is 0 Å². The lowest BCUT2D eigenvalue weighted by Gasteiger charge is -2.25. The molecule has 6 aromatic carbocycles. The molecule has 0 N–H and O–H groups in total. The molecule has 1 aromatic heterocycles. The summed E-state index contributed by atoms with van der Waals surface area (Å²) in [7, 11) is 0. The van der Waals surface area contributed by atoms with Gasteiger partial charge >= 0.3 is 0 Å². The number of allylic oxidation sites excluding steroid dienone is 5. The average Bonchev–Trinajstić information content (AvgIpc) is 3.64. The topological polar surface area (TPSA) is 22.4 Å². The second kappa shape index (κ2) is 10.1. The van der Waals surface area contributed by atoms with Gasteiger partial charge in [0.25, 0.3) is 0 Å². The molecular weight excluding hydrogens is 548 g/mol. The van der Waals surface area contributed by atoms with Crippen LogP contribution in [-0.4, -0.2) is 0 Å². The summed E-state index contributed by atoms with van der Waals surface area (Å²) in [5, 5.41) is 7.34. The van der Waals surface area contributed by atoms with E-state index in [-0.39, 0.29) is 5.92 Å². The van der Waals surface area contributed by atoms with E-state index in [1.807, 2.05) is 12.1 Å². The average molecular weight is 581 g/mol. The molecule has 1 unspecified atom stereocenters. The summed E-state index contributed by atoms with van der Waals surface area (Å²) in [6.07, 6.45) is 10.9. The second-order valence-corrected chi connectivity index (χ2v) is 12.2. The van der Waals surface area contributed by atoms with E-state index in [1.54, 1.807) is 0 Å². The minimum Gasteiger partial charge on any atom is -0.460 e. The lowest BCUT2D eigenvalue weighted by molar-refractivity contribution is 0.428. The maximum atomic E-state index is 6.84. The minimum atomic E-state index is 0.173. The van der Waals surface area contributed by atoms with Crippen LogP contribution in [0.5, 0.6) is 5.75 Å². The molecule has 2 aliphatic rings. The third-order valence-electron chi connectivity index (χ3n) is 9.70. The number of furan rings is 1. The molecule has 1 aliphatic carbocycles. The van der Waals surface area contributed by atoms with Gasteiger partial charge in [-0.05, 0) is 87.3 Å². The SMILES string of the molecule is C/C=C\c1c(CC)c(C2=C3Oc4cc5oc6ccccc6c5cc4C3CC=C2)c2ccccc2c1-c1ccc2ccccc2c1. The van der Waals surface area contributed by atoms with E-state index in [4.69, 9.17) is 9.15 Å². The van der Waals surface area contributed by atoms with Crippen molar-refractivity contribution in [1.29, 1.82) is 0 Å². The summed E-state index contributed by atoms with van der Waals surface area (Å²) in [5.41, 5.74) is 10.7. The van der Waals surface area contributed by atoms with E-state index in [0.717, 1.165) is 46.3 Å². The minimum absolute atomic E-state index is 0.173. The van der Waals surface area contributed by atoms with Crippen LogP contribution >= 0.6 is 0 Å². The Kier molecular flexibility index (Phi) is 5.86. The van der Waals surface area contributed by atoms with E-state index < -0.39 is 0 Å². The van der Waals surface area contributed by atoms with E-state index in [9.17, 15) is 0 Å². The Hall–Kier alpha value is -5.34. The summed E-state index contributed by atoms with van der Waals surface area (Å²) in [5.74, 6) is 2.13. The van der Waals surface area contributed by atoms with Crippen molar-refractivity contribution in [2.45, 2.75) is 32.6 Å². The standard InChI is InChI=1S/C43H32O2/c1-3-12-31-29(4-2)42(33-17-8-7-16-32(33)41(31)28-22-21-26-13-5-6-14-27(26)23-28)35-19-11-18-34-37-24-36-30-15-9-10-20-38(30)44-39(36)25-40(37)45-43(34)35/h3,5-17,19-25,34H,4,18H2,1-2H3/b12-3-. The number of fused-ring (bicyclic) bond motifs is 8. The van der Waals surface area contributed by atoms with Crippen molar-refractivity contribution < 1.29 is 9.15 Å². The van der Waals surface area contributed by atoms with Crippen LogP contribution in [0.2, 0.25) is 0 Å². The molecule has 0 saturated carbocycles. The highest BCUT2D eigenvalue weighted by molar-refractivity contribution is 6.10. The van der Waals surface area contributed by atoms with Gasteiger partial charge in [-0.15, -0.1) is 0 Å². The molecule has 0 fully saturated rings. The second-order valence-electron chi connectivity index (χ2n) is 12.2. The van der Waals surface area contributed by atoms with Gasteiger partial charge in [-0.2, -0.15) is 0 Å². The zero-order chi connectivity index (χ0) is 30.1. The molecule has 216 valence electrons. The van der Waals surface area contributed by atoms with E-state index in [1.165, 1.54) is 60.5 Å². The van der Waals surface area contributed by atoms with Crippen LogP contribution in [0.1, 0.15) is 48.4 Å². The van der Waals surface area contributed by atoms with Gasteiger partial charge in [-0.25, -0.2) is 0 Å². The molecule has 2 heteroatoms. The summed E-state index contributed by atoms with van der Waals surface area (Å²) >= 11 is 0. The molecule has 0 spiro atoms. The van der Waals surface area contributed by atoms with Gasteiger partial charge in [0.15, 0.2) is 0 Å². The van der Waals surface area contributed by atoms with E-state index >= 15 is 0 Å². The Morgan fingerprint density at radius 1 is 0.733 bits per heavy atom. The van der Waals surface area contributed by atoms with Crippen LogP contribution < -0.4 is 4.74 Å². The fourth-order valence-electron chi connectivity index (χ4n) is 7.74. The molecule has 7 aromatic rings. The predicted molar refractivity (Wildman–Crippen MR) is 189 cm³/mol. The number of hydrogen-bond acceptors (Lipinski definition) is 2. The molecule has 0 amide bonds. The molecule has 0 radical (unpaired) electrons. The van der Waals surface area contributed by atoms with Crippen LogP contribution in [0.15, 0.2) is 132 Å². The lowest BCUT2D eigenvalue weighted by atomic mass is 9.79. The van der Waals surface area contributed by atoms with Gasteiger partial charge in [0, 0.05) is 33.9 Å². The number of para-hydroxylation sites is 1. The van der Waals surface area contributed by atoms with Crippen molar-refractivity contribution in [1.82, 2.24) is 0 Å². The van der Waals surface area contributed by atoms with Crippen LogP contribution in [0, 0.1) is 0 Å². The molecule has 1 aliphatic heterocycles. The van der Waals surface area contributed by atoms with Crippen LogP contribution in [0.25, 0.3) is 66.3 Å². The van der Waals surface area contributed by atoms with Crippen molar-refractivity contribution in [3.63, 3.8) is 0 Å². The predicted octanol–water partition coefficient (Wildman–Crippen LogP) is 12.0. The summed E-state index contributed by atoms with van der Waals surface area (Å²) in [4.78, 5) is 0. The molecule has 45 heavy (non-hydrogen) atoms. The number of ether oxygens (including phenoxy) is 1. The van der Waals surface area contributed by atoms with Gasteiger partial charge in [0.1, 0.15) is 22.7 Å². The lowest BCUT2D eigenvalue weighted by Crippen LogP contribution is -2.08. The maximum absolute atomic E-state index is 6.84. The monoisotopic (exact) mass is 580 g/mol. The highest BCUT2D eigenvalue weighted by Gasteiger charge is 2.35. The summed E-state index contributed by atoms with van der Waals surface area (Å²) in [6.45, 7) is 4.40. The Balaban J connectivity index is 1.30. The molecule has 0 saturated heterocycles. The van der Waals surface area contributed by atoms with Gasteiger partial charge < -0.3 is 9.15 Å². The smallest absolute Gasteiger partial charge is 0.139 e. The molecular formula is C43H32O2. The largest absolute Gasteiger partial charge is 0.460 e. The Bertz CT molecular complexity index is 2430. The quantitative estimate of drug-likeness (QED) is 0.207. The number of rotatable bonds is 4. The van der Waals surface area contributed by atoms with Gasteiger partial charge in [-0.3, -0.25) is 0 Å². The Morgan fingerprint density at radius 3 is 2.31 bits per heavy atom. The molecule has 0 bridgehead atoms. The molecule has 2 nitrogen and oxygen atoms in total. The van der Waals surface area contributed by atoms with Crippen molar-refractivity contribution in [3.8, 4) is 16.9 Å². The first-order chi connectivity index (χ1) is 22.2.